The van der Waals surface area contributed by atoms with Crippen LogP contribution in [0.4, 0.5) is 30.6 Å². The Morgan fingerprint density at radius 2 is 0.816 bits per heavy atom. The molecule has 0 atom stereocenters. The fourth-order valence-corrected chi connectivity index (χ4v) is 12.7. The first-order chi connectivity index (χ1) is 41.9. The van der Waals surface area contributed by atoms with Gasteiger partial charge in [0.05, 0.1) is 29.9 Å². The van der Waals surface area contributed by atoms with Crippen LogP contribution in [-0.4, -0.2) is 135 Å². The molecule has 0 saturated carbocycles. The number of aryl methyl sites for hydroxylation is 9. The summed E-state index contributed by atoms with van der Waals surface area (Å²) in [5.41, 5.74) is 8.50. The van der Waals surface area contributed by atoms with E-state index in [-0.39, 0.29) is 23.2 Å². The van der Waals surface area contributed by atoms with Crippen LogP contribution in [0.1, 0.15) is 102 Å². The first-order valence-corrected chi connectivity index (χ1v) is 30.0. The molecule has 5 aliphatic heterocycles. The molecule has 87 heavy (non-hydrogen) atoms. The van der Waals surface area contributed by atoms with Gasteiger partial charge in [0.1, 0.15) is 57.2 Å². The van der Waals surface area contributed by atoms with E-state index in [1.54, 1.807) is 26.8 Å². The number of benzene rings is 3. The van der Waals surface area contributed by atoms with Crippen molar-refractivity contribution in [3.63, 3.8) is 0 Å². The van der Waals surface area contributed by atoms with Crippen molar-refractivity contribution >= 4 is 55.9 Å². The molecule has 5 aliphatic rings. The van der Waals surface area contributed by atoms with Crippen molar-refractivity contribution in [1.29, 1.82) is 0 Å². The Morgan fingerprint density at radius 1 is 0.460 bits per heavy atom. The maximum atomic E-state index is 14.9. The molecule has 456 valence electrons. The molecule has 9 aromatic rings. The van der Waals surface area contributed by atoms with Crippen molar-refractivity contribution in [1.82, 2.24) is 50.7 Å². The van der Waals surface area contributed by atoms with Crippen molar-refractivity contribution < 1.29 is 45.7 Å². The van der Waals surface area contributed by atoms with Crippen molar-refractivity contribution in [3.8, 4) is 34.4 Å². The van der Waals surface area contributed by atoms with Gasteiger partial charge in [-0.1, -0.05) is 15.5 Å². The lowest BCUT2D eigenvalue weighted by Gasteiger charge is -2.38. The van der Waals surface area contributed by atoms with Crippen molar-refractivity contribution in [2.45, 2.75) is 132 Å². The van der Waals surface area contributed by atoms with E-state index in [0.717, 1.165) is 131 Å². The molecular weight excluding hydrogens is 1120 g/mol. The number of carbonyl (C=O) groups excluding carboxylic acids is 1. The van der Waals surface area contributed by atoms with E-state index in [2.05, 4.69) is 50.5 Å². The zero-order valence-corrected chi connectivity index (χ0v) is 50.7. The molecule has 1 N–H and O–H groups in total. The topological polar surface area (TPSA) is 222 Å². The second kappa shape index (κ2) is 24.6. The van der Waals surface area contributed by atoms with Crippen molar-refractivity contribution in [2.75, 3.05) is 80.4 Å². The second-order valence-electron chi connectivity index (χ2n) is 23.6. The van der Waals surface area contributed by atoms with Gasteiger partial charge in [-0.05, 0) is 158 Å². The van der Waals surface area contributed by atoms with E-state index in [9.17, 15) is 18.0 Å². The largest absolute Gasteiger partial charge is 0.381 e. The van der Waals surface area contributed by atoms with Crippen molar-refractivity contribution in [3.05, 3.63) is 105 Å². The Kier molecular flexibility index (Phi) is 16.8. The standard InChI is InChI=1S/C24H30FN5O2.C21H23FN4O3.C19H19FN4O2/c1-14-12-19-15(2)21(24-26-16(3)29-32-24)23(28-22(19)20(25)13-14)30-8-4-17(5-9-30)27-18-6-10-31-11-7-18;1-12-10-15-13(2)17(20-23-14(3)25-29-20)19(24-18(15)16(22)11-12)26-6-4-21(5-7-26)27-8-9-28-21;1-10-8-14-11(2)16(19-21-12(3)23-26-19)18(22-17(14)15(20)9-10)24-6-4-13(25)5-7-24/h12-13,17-18,27H,4-11H2,1-3H3;10-11H,4-9H2,1-3H3;8-9H,4-7H2,1-3H3. The average Bonchev–Trinajstić information content (AvgIpc) is 1.81. The van der Waals surface area contributed by atoms with E-state index in [1.807, 2.05) is 64.6 Å². The first kappa shape index (κ1) is 59.3. The quantitative estimate of drug-likeness (QED) is 0.149. The van der Waals surface area contributed by atoms with Crippen LogP contribution >= 0.6 is 0 Å². The fraction of sp³-hybridized carbons (Fsp3) is 0.469. The lowest BCUT2D eigenvalue weighted by molar-refractivity contribution is -0.169. The van der Waals surface area contributed by atoms with Crippen LogP contribution in [0.25, 0.3) is 67.1 Å². The van der Waals surface area contributed by atoms with Crippen LogP contribution < -0.4 is 20.0 Å². The number of ether oxygens (including phenoxy) is 3. The Balaban J connectivity index is 0.000000128. The number of nitrogens with zero attached hydrogens (tertiary/aromatic N) is 12. The maximum absolute atomic E-state index is 14.9. The molecule has 0 bridgehead atoms. The summed E-state index contributed by atoms with van der Waals surface area (Å²) in [5.74, 6) is 3.59. The van der Waals surface area contributed by atoms with Gasteiger partial charge in [0.25, 0.3) is 17.7 Å². The number of nitrogens with one attached hydrogen (secondary N) is 1. The Morgan fingerprint density at radius 3 is 1.18 bits per heavy atom. The van der Waals surface area contributed by atoms with Gasteiger partial charge in [-0.15, -0.1) is 0 Å². The normalized spacial score (nSPS) is 17.6. The summed E-state index contributed by atoms with van der Waals surface area (Å²) in [6, 6.07) is 11.4. The molecule has 0 unspecified atom stereocenters. The Bertz CT molecular complexity index is 4040. The van der Waals surface area contributed by atoms with Crippen molar-refractivity contribution in [2.24, 2.45) is 0 Å². The number of hydrogen-bond acceptors (Lipinski definition) is 20. The summed E-state index contributed by atoms with van der Waals surface area (Å²) in [7, 11) is 0. The summed E-state index contributed by atoms with van der Waals surface area (Å²) >= 11 is 0. The van der Waals surface area contributed by atoms with E-state index < -0.39 is 5.79 Å². The molecule has 5 saturated heterocycles. The van der Waals surface area contributed by atoms with Gasteiger partial charge >= 0.3 is 0 Å². The molecule has 23 heteroatoms. The number of carbonyl (C=O) groups is 1. The third-order valence-corrected chi connectivity index (χ3v) is 17.3. The highest BCUT2D eigenvalue weighted by molar-refractivity contribution is 5.96. The van der Waals surface area contributed by atoms with Crippen LogP contribution in [0.3, 0.4) is 0 Å². The zero-order valence-electron chi connectivity index (χ0n) is 50.7. The number of pyridine rings is 3. The van der Waals surface area contributed by atoms with E-state index >= 15 is 0 Å². The molecule has 1 spiro atoms. The van der Waals surface area contributed by atoms with E-state index in [0.29, 0.717) is 133 Å². The van der Waals surface area contributed by atoms with Crippen LogP contribution in [-0.2, 0) is 19.0 Å². The molecule has 6 aromatic heterocycles. The number of rotatable bonds is 8. The highest BCUT2D eigenvalue weighted by atomic mass is 19.1. The van der Waals surface area contributed by atoms with Gasteiger partial charge in [0, 0.05) is 106 Å². The number of piperidine rings is 3. The summed E-state index contributed by atoms with van der Waals surface area (Å²) in [5, 5.41) is 17.9. The van der Waals surface area contributed by atoms with Crippen LogP contribution in [0.2, 0.25) is 0 Å². The first-order valence-electron chi connectivity index (χ1n) is 30.0. The average molecular weight is 1190 g/mol. The number of hydrogen-bond donors (Lipinski definition) is 1. The molecule has 20 nitrogen and oxygen atoms in total. The van der Waals surface area contributed by atoms with Gasteiger partial charge in [-0.3, -0.25) is 4.79 Å². The minimum atomic E-state index is -0.494. The maximum Gasteiger partial charge on any atom is 0.261 e. The highest BCUT2D eigenvalue weighted by Crippen LogP contribution is 2.43. The van der Waals surface area contributed by atoms with Gasteiger partial charge in [0.2, 0.25) is 0 Å². The fourth-order valence-electron chi connectivity index (χ4n) is 12.7. The van der Waals surface area contributed by atoms with Gasteiger partial charge in [-0.25, -0.2) is 28.1 Å². The molecule has 0 aliphatic carbocycles. The van der Waals surface area contributed by atoms with E-state index in [4.69, 9.17) is 37.7 Å². The summed E-state index contributed by atoms with van der Waals surface area (Å²) in [6.45, 7) is 23.9. The van der Waals surface area contributed by atoms with Crippen LogP contribution in [0, 0.1) is 79.8 Å². The van der Waals surface area contributed by atoms with E-state index in [1.165, 1.54) is 12.1 Å². The third-order valence-electron chi connectivity index (χ3n) is 17.3. The highest BCUT2D eigenvalue weighted by Gasteiger charge is 2.41. The monoisotopic (exact) mass is 1190 g/mol. The number of aromatic nitrogens is 9. The summed E-state index contributed by atoms with van der Waals surface area (Å²) in [6.07, 6.45) is 6.53. The van der Waals surface area contributed by atoms with Gasteiger partial charge in [-0.2, -0.15) is 15.0 Å². The molecule has 11 heterocycles. The zero-order chi connectivity index (χ0) is 60.8. The lowest BCUT2D eigenvalue weighted by atomic mass is 9.98. The number of fused-ring (bicyclic) bond motifs is 3. The molecule has 0 radical (unpaired) electrons. The minimum absolute atomic E-state index is 0.232. The Hall–Kier alpha value is -7.99. The predicted octanol–water partition coefficient (Wildman–Crippen LogP) is 11.3. The number of ketones is 1. The molecule has 14 rings (SSSR count). The van der Waals surface area contributed by atoms with Gasteiger partial charge in [0.15, 0.2) is 23.3 Å². The lowest BCUT2D eigenvalue weighted by Crippen LogP contribution is -2.48. The number of Topliss-reactive ketones (excluding diaryl/α,β-unsaturated/α-hetero) is 1. The predicted molar refractivity (Wildman–Crippen MR) is 322 cm³/mol. The molecule has 3 aromatic carbocycles. The third kappa shape index (κ3) is 12.2. The van der Waals surface area contributed by atoms with Gasteiger partial charge < -0.3 is 47.8 Å². The Labute approximate surface area is 501 Å². The summed E-state index contributed by atoms with van der Waals surface area (Å²) in [4.78, 5) is 45.4. The van der Waals surface area contributed by atoms with Crippen LogP contribution in [0.15, 0.2) is 50.0 Å². The number of halogens is 3. The second-order valence-corrected chi connectivity index (χ2v) is 23.6. The SMILES string of the molecule is Cc1cc(F)c2nc(N3CCC(=O)CC3)c(-c3nc(C)no3)c(C)c2c1.Cc1cc(F)c2nc(N3CCC(NC4CCOCC4)CC3)c(-c3nc(C)no3)c(C)c2c1.Cc1cc(F)c2nc(N3CCC4(CC3)OCCO4)c(-c3nc(C)no3)c(C)c2c1. The minimum Gasteiger partial charge on any atom is -0.381 e. The summed E-state index contributed by atoms with van der Waals surface area (Å²) < 4.78 is 77.9. The van der Waals surface area contributed by atoms with Crippen LogP contribution in [0.5, 0.6) is 0 Å². The number of anilines is 3. The molecular formula is C64H72F3N13O7. The molecule has 0 amide bonds. The molecule has 5 fully saturated rings. The smallest absolute Gasteiger partial charge is 0.261 e.